The van der Waals surface area contributed by atoms with Crippen LogP contribution in [0.1, 0.15) is 6.92 Å². The minimum Gasteiger partial charge on any atom is -0.494 e. The number of sulfonamides is 1. The SMILES string of the molecule is CCOc1ccc(NS(=O)(=O)c2cc(Br)cs2)cc1. The van der Waals surface area contributed by atoms with E-state index in [9.17, 15) is 8.42 Å². The van der Waals surface area contributed by atoms with Crippen molar-refractivity contribution in [2.45, 2.75) is 11.1 Å². The van der Waals surface area contributed by atoms with E-state index in [2.05, 4.69) is 20.7 Å². The minimum atomic E-state index is -3.52. The number of ether oxygens (including phenoxy) is 1. The molecule has 0 aliphatic carbocycles. The number of rotatable bonds is 5. The molecule has 0 aliphatic heterocycles. The Bertz CT molecular complexity index is 650. The van der Waals surface area contributed by atoms with E-state index >= 15 is 0 Å². The molecule has 0 spiro atoms. The molecule has 4 nitrogen and oxygen atoms in total. The Balaban J connectivity index is 2.16. The van der Waals surface area contributed by atoms with Gasteiger partial charge in [-0.05, 0) is 53.2 Å². The summed E-state index contributed by atoms with van der Waals surface area (Å²) in [6.07, 6.45) is 0. The van der Waals surface area contributed by atoms with Crippen LogP contribution in [0.25, 0.3) is 0 Å². The maximum absolute atomic E-state index is 12.1. The molecule has 1 aromatic heterocycles. The van der Waals surface area contributed by atoms with E-state index in [4.69, 9.17) is 4.74 Å². The maximum atomic E-state index is 12.1. The molecular formula is C12H12BrNO3S2. The van der Waals surface area contributed by atoms with Crippen LogP contribution in [0.5, 0.6) is 5.75 Å². The van der Waals surface area contributed by atoms with Crippen molar-refractivity contribution in [1.82, 2.24) is 0 Å². The Labute approximate surface area is 124 Å². The summed E-state index contributed by atoms with van der Waals surface area (Å²) in [5.41, 5.74) is 0.507. The van der Waals surface area contributed by atoms with Gasteiger partial charge in [0.25, 0.3) is 10.0 Å². The van der Waals surface area contributed by atoms with Crippen LogP contribution in [0.2, 0.25) is 0 Å². The van der Waals surface area contributed by atoms with E-state index in [1.54, 1.807) is 35.7 Å². The molecule has 1 N–H and O–H groups in total. The zero-order valence-corrected chi connectivity index (χ0v) is 13.3. The molecule has 0 saturated carbocycles. The van der Waals surface area contributed by atoms with Crippen molar-refractivity contribution in [1.29, 1.82) is 0 Å². The smallest absolute Gasteiger partial charge is 0.271 e. The second kappa shape index (κ2) is 5.94. The van der Waals surface area contributed by atoms with Crippen molar-refractivity contribution in [2.75, 3.05) is 11.3 Å². The highest BCUT2D eigenvalue weighted by Gasteiger charge is 2.16. The van der Waals surface area contributed by atoms with Gasteiger partial charge in [0.05, 0.1) is 6.61 Å². The third-order valence-electron chi connectivity index (χ3n) is 2.23. The predicted molar refractivity (Wildman–Crippen MR) is 80.4 cm³/mol. The first-order chi connectivity index (χ1) is 9.01. The Kier molecular flexibility index (Phi) is 4.49. The molecule has 0 fully saturated rings. The van der Waals surface area contributed by atoms with Gasteiger partial charge in [0, 0.05) is 15.5 Å². The normalized spacial score (nSPS) is 11.3. The lowest BCUT2D eigenvalue weighted by molar-refractivity contribution is 0.340. The summed E-state index contributed by atoms with van der Waals surface area (Å²) in [4.78, 5) is 0. The van der Waals surface area contributed by atoms with Crippen molar-refractivity contribution in [2.24, 2.45) is 0 Å². The lowest BCUT2D eigenvalue weighted by atomic mass is 10.3. The monoisotopic (exact) mass is 361 g/mol. The lowest BCUT2D eigenvalue weighted by Crippen LogP contribution is -2.11. The number of nitrogens with one attached hydrogen (secondary N) is 1. The zero-order chi connectivity index (χ0) is 13.9. The predicted octanol–water partition coefficient (Wildman–Crippen LogP) is 3.71. The van der Waals surface area contributed by atoms with Crippen LogP contribution in [0.15, 0.2) is 44.4 Å². The molecule has 0 bridgehead atoms. The molecule has 7 heteroatoms. The first-order valence-corrected chi connectivity index (χ1v) is 8.66. The van der Waals surface area contributed by atoms with Crippen LogP contribution in [0.3, 0.4) is 0 Å². The van der Waals surface area contributed by atoms with Crippen molar-refractivity contribution in [3.63, 3.8) is 0 Å². The molecule has 102 valence electrons. The molecule has 0 atom stereocenters. The number of anilines is 1. The van der Waals surface area contributed by atoms with Gasteiger partial charge in [-0.25, -0.2) is 8.42 Å². The van der Waals surface area contributed by atoms with Crippen molar-refractivity contribution < 1.29 is 13.2 Å². The van der Waals surface area contributed by atoms with Gasteiger partial charge in [0.2, 0.25) is 0 Å². The fourth-order valence-corrected chi connectivity index (χ4v) is 4.34. The highest BCUT2D eigenvalue weighted by atomic mass is 79.9. The first-order valence-electron chi connectivity index (χ1n) is 5.51. The topological polar surface area (TPSA) is 55.4 Å². The number of benzene rings is 1. The van der Waals surface area contributed by atoms with Crippen molar-refractivity contribution in [3.05, 3.63) is 40.2 Å². The summed E-state index contributed by atoms with van der Waals surface area (Å²) in [7, 11) is -3.52. The molecule has 1 aromatic carbocycles. The summed E-state index contributed by atoms with van der Waals surface area (Å²) >= 11 is 4.40. The third kappa shape index (κ3) is 3.71. The third-order valence-corrected chi connectivity index (χ3v) is 5.81. The quantitative estimate of drug-likeness (QED) is 0.882. The molecule has 0 aliphatic rings. The zero-order valence-electron chi connectivity index (χ0n) is 10.1. The number of hydrogen-bond acceptors (Lipinski definition) is 4. The van der Waals surface area contributed by atoms with E-state index in [0.29, 0.717) is 18.0 Å². The van der Waals surface area contributed by atoms with E-state index in [-0.39, 0.29) is 4.21 Å². The van der Waals surface area contributed by atoms with E-state index < -0.39 is 10.0 Å². The summed E-state index contributed by atoms with van der Waals surface area (Å²) in [5, 5.41) is 1.73. The van der Waals surface area contributed by atoms with E-state index in [0.717, 1.165) is 15.8 Å². The average Bonchev–Trinajstić information content (AvgIpc) is 2.79. The van der Waals surface area contributed by atoms with Gasteiger partial charge in [-0.15, -0.1) is 11.3 Å². The average molecular weight is 362 g/mol. The Morgan fingerprint density at radius 3 is 2.53 bits per heavy atom. The Hall–Kier alpha value is -1.05. The molecular weight excluding hydrogens is 350 g/mol. The highest BCUT2D eigenvalue weighted by Crippen LogP contribution is 2.26. The largest absolute Gasteiger partial charge is 0.494 e. The van der Waals surface area contributed by atoms with Gasteiger partial charge >= 0.3 is 0 Å². The fourth-order valence-electron chi connectivity index (χ4n) is 1.43. The molecule has 0 radical (unpaired) electrons. The molecule has 1 heterocycles. The van der Waals surface area contributed by atoms with Crippen molar-refractivity contribution >= 4 is 43.0 Å². The van der Waals surface area contributed by atoms with Crippen LogP contribution in [-0.2, 0) is 10.0 Å². The molecule has 19 heavy (non-hydrogen) atoms. The van der Waals surface area contributed by atoms with Crippen molar-refractivity contribution in [3.8, 4) is 5.75 Å². The van der Waals surface area contributed by atoms with Gasteiger partial charge in [-0.1, -0.05) is 0 Å². The summed E-state index contributed by atoms with van der Waals surface area (Å²) in [5.74, 6) is 0.712. The van der Waals surface area contributed by atoms with Crippen LogP contribution < -0.4 is 9.46 Å². The number of thiophene rings is 1. The van der Waals surface area contributed by atoms with Gasteiger partial charge in [0.1, 0.15) is 9.96 Å². The molecule has 0 saturated heterocycles. The summed E-state index contributed by atoms with van der Waals surface area (Å²) < 4.78 is 33.0. The number of halogens is 1. The Morgan fingerprint density at radius 1 is 1.32 bits per heavy atom. The van der Waals surface area contributed by atoms with Crippen LogP contribution >= 0.6 is 27.3 Å². The van der Waals surface area contributed by atoms with Crippen LogP contribution in [0.4, 0.5) is 5.69 Å². The maximum Gasteiger partial charge on any atom is 0.271 e. The van der Waals surface area contributed by atoms with Gasteiger partial charge in [-0.3, -0.25) is 4.72 Å². The Morgan fingerprint density at radius 2 is 2.00 bits per heavy atom. The minimum absolute atomic E-state index is 0.272. The standard InChI is InChI=1S/C12H12BrNO3S2/c1-2-17-11-5-3-10(4-6-11)14-19(15,16)12-7-9(13)8-18-12/h3-8,14H,2H2,1H3. The highest BCUT2D eigenvalue weighted by molar-refractivity contribution is 9.10. The fraction of sp³-hybridized carbons (Fsp3) is 0.167. The van der Waals surface area contributed by atoms with Gasteiger partial charge in [-0.2, -0.15) is 0 Å². The molecule has 2 aromatic rings. The van der Waals surface area contributed by atoms with Crippen LogP contribution in [0, 0.1) is 0 Å². The van der Waals surface area contributed by atoms with Crippen LogP contribution in [-0.4, -0.2) is 15.0 Å². The molecule has 0 unspecified atom stereocenters. The lowest BCUT2D eigenvalue weighted by Gasteiger charge is -2.07. The van der Waals surface area contributed by atoms with E-state index in [1.165, 1.54) is 0 Å². The van der Waals surface area contributed by atoms with E-state index in [1.807, 2.05) is 6.92 Å². The number of hydrogen-bond donors (Lipinski definition) is 1. The molecule has 2 rings (SSSR count). The second-order valence-corrected chi connectivity index (χ2v) is 7.38. The first kappa shape index (κ1) is 14.4. The van der Waals surface area contributed by atoms with Gasteiger partial charge < -0.3 is 4.74 Å². The molecule has 0 amide bonds. The summed E-state index contributed by atoms with van der Waals surface area (Å²) in [6, 6.07) is 8.37. The summed E-state index contributed by atoms with van der Waals surface area (Å²) in [6.45, 7) is 2.47. The second-order valence-electron chi connectivity index (χ2n) is 3.65. The van der Waals surface area contributed by atoms with Gasteiger partial charge in [0.15, 0.2) is 0 Å².